The zero-order chi connectivity index (χ0) is 42.1. The number of carboxylic acid groups (broad SMARTS) is 1. The lowest BCUT2D eigenvalue weighted by Gasteiger charge is -2.33. The van der Waals surface area contributed by atoms with Crippen LogP contribution in [0, 0.1) is 30.6 Å². The molecule has 0 amide bonds. The Morgan fingerprint density at radius 3 is 2.57 bits per heavy atom. The van der Waals surface area contributed by atoms with Crippen molar-refractivity contribution in [3.8, 4) is 0 Å². The van der Waals surface area contributed by atoms with E-state index in [0.29, 0.717) is 30.2 Å². The van der Waals surface area contributed by atoms with Gasteiger partial charge in [0, 0.05) is 50.2 Å². The first-order chi connectivity index (χ1) is 27.6. The number of carboxylic acids is 1. The smallest absolute Gasteiger partial charge is 0.481 e. The maximum absolute atomic E-state index is 13.8. The van der Waals surface area contributed by atoms with Crippen LogP contribution in [0.15, 0.2) is 52.2 Å². The Hall–Kier alpha value is -3.57. The molecule has 0 spiro atoms. The maximum Gasteiger partial charge on any atom is 0.508 e. The van der Waals surface area contributed by atoms with E-state index < -0.39 is 66.1 Å². The SMILES string of the molecule is CO[C@@H](/C(C)=C/C=C/C(C)=C/c1coc(C)n1)[C@@H](C)[C@@H]1C[C@H](OC(=O)OCCSSC[C@H](C)C(=O)O)[C@@]2(C)O[C@@H]2/C=C/[C@@H](C)[C@H]2C[C@H](CC(=O)O2)C[C@@H]2OC2C(=O)O1. The van der Waals surface area contributed by atoms with Crippen molar-refractivity contribution in [2.45, 2.75) is 122 Å². The normalized spacial score (nSPS) is 32.5. The van der Waals surface area contributed by atoms with Gasteiger partial charge in [0.15, 0.2) is 12.0 Å². The number of aromatic nitrogens is 1. The van der Waals surface area contributed by atoms with E-state index in [2.05, 4.69) is 4.98 Å². The number of epoxide rings is 2. The van der Waals surface area contributed by atoms with Gasteiger partial charge < -0.3 is 42.7 Å². The third-order valence-electron chi connectivity index (χ3n) is 11.0. The highest BCUT2D eigenvalue weighted by atomic mass is 33.1. The van der Waals surface area contributed by atoms with Crippen molar-refractivity contribution in [2.24, 2.45) is 23.7 Å². The van der Waals surface area contributed by atoms with Crippen LogP contribution in [0.3, 0.4) is 0 Å². The molecule has 14 nitrogen and oxygen atoms in total. The van der Waals surface area contributed by atoms with E-state index in [1.165, 1.54) is 21.6 Å². The second-order valence-corrected chi connectivity index (χ2v) is 18.5. The van der Waals surface area contributed by atoms with E-state index in [1.54, 1.807) is 27.2 Å². The van der Waals surface area contributed by atoms with Gasteiger partial charge in [-0.2, -0.15) is 0 Å². The van der Waals surface area contributed by atoms with Crippen molar-refractivity contribution >= 4 is 51.7 Å². The van der Waals surface area contributed by atoms with Crippen molar-refractivity contribution in [3.05, 3.63) is 59.4 Å². The topological polar surface area (TPSA) is 186 Å². The molecule has 0 radical (unpaired) electrons. The molecular formula is C42H57NO13S2. The lowest BCUT2D eigenvalue weighted by Crippen LogP contribution is -2.43. The molecule has 0 saturated carbocycles. The second-order valence-electron chi connectivity index (χ2n) is 15.9. The van der Waals surface area contributed by atoms with Crippen molar-refractivity contribution < 1.29 is 61.9 Å². The highest BCUT2D eigenvalue weighted by Crippen LogP contribution is 2.46. The van der Waals surface area contributed by atoms with E-state index in [0.717, 1.165) is 16.8 Å². The van der Waals surface area contributed by atoms with Crippen LogP contribution in [0.1, 0.15) is 78.8 Å². The third kappa shape index (κ3) is 12.7. The van der Waals surface area contributed by atoms with Crippen molar-refractivity contribution in [3.63, 3.8) is 0 Å². The van der Waals surface area contributed by atoms with Crippen molar-refractivity contribution in [2.75, 3.05) is 25.2 Å². The molecule has 1 aromatic rings. The number of fused-ring (bicyclic) bond motifs is 4. The number of esters is 2. The van der Waals surface area contributed by atoms with Crippen LogP contribution in [-0.4, -0.2) is 108 Å². The van der Waals surface area contributed by atoms with E-state index in [9.17, 15) is 19.2 Å². The first-order valence-electron chi connectivity index (χ1n) is 19.8. The Balaban J connectivity index is 1.36. The number of rotatable bonds is 15. The second kappa shape index (κ2) is 20.6. The summed E-state index contributed by atoms with van der Waals surface area (Å²) in [5.41, 5.74) is 1.55. The van der Waals surface area contributed by atoms with Crippen molar-refractivity contribution in [1.29, 1.82) is 0 Å². The Morgan fingerprint density at radius 2 is 1.86 bits per heavy atom. The first-order valence-corrected chi connectivity index (χ1v) is 22.3. The highest BCUT2D eigenvalue weighted by molar-refractivity contribution is 8.76. The summed E-state index contributed by atoms with van der Waals surface area (Å²) in [5, 5.41) is 9.12. The minimum absolute atomic E-state index is 0.00122. The number of aryl methyl sites for hydroxylation is 1. The predicted octanol–water partition coefficient (Wildman–Crippen LogP) is 7.31. The maximum atomic E-state index is 13.8. The predicted molar refractivity (Wildman–Crippen MR) is 218 cm³/mol. The fourth-order valence-corrected chi connectivity index (χ4v) is 9.54. The number of hydrogen-bond donors (Lipinski definition) is 1. The minimum Gasteiger partial charge on any atom is -0.481 e. The summed E-state index contributed by atoms with van der Waals surface area (Å²) in [7, 11) is 4.39. The molecule has 3 fully saturated rings. The molecule has 3 saturated heterocycles. The number of ether oxygens (including phenoxy) is 7. The molecule has 320 valence electrons. The van der Waals surface area contributed by atoms with Gasteiger partial charge in [-0.05, 0) is 56.8 Å². The number of aliphatic carboxylic acids is 1. The highest BCUT2D eigenvalue weighted by Gasteiger charge is 2.60. The summed E-state index contributed by atoms with van der Waals surface area (Å²) >= 11 is 0. The minimum atomic E-state index is -0.999. The molecule has 16 heteroatoms. The molecule has 12 atom stereocenters. The van der Waals surface area contributed by atoms with Crippen LogP contribution in [0.2, 0.25) is 0 Å². The van der Waals surface area contributed by atoms with Gasteiger partial charge >= 0.3 is 24.1 Å². The molecule has 1 N–H and O–H groups in total. The summed E-state index contributed by atoms with van der Waals surface area (Å²) in [6.07, 6.45) is 9.54. The summed E-state index contributed by atoms with van der Waals surface area (Å²) in [6.45, 7) is 13.1. The van der Waals surface area contributed by atoms with Gasteiger partial charge in [0.05, 0.1) is 18.1 Å². The summed E-state index contributed by atoms with van der Waals surface area (Å²) < 4.78 is 46.9. The molecular weight excluding hydrogens is 791 g/mol. The van der Waals surface area contributed by atoms with Crippen LogP contribution in [-0.2, 0) is 47.5 Å². The molecule has 1 aromatic heterocycles. The van der Waals surface area contributed by atoms with Gasteiger partial charge in [-0.25, -0.2) is 14.6 Å². The van der Waals surface area contributed by atoms with Gasteiger partial charge in [-0.1, -0.05) is 72.7 Å². The monoisotopic (exact) mass is 847 g/mol. The van der Waals surface area contributed by atoms with Gasteiger partial charge in [0.25, 0.3) is 0 Å². The Morgan fingerprint density at radius 1 is 1.10 bits per heavy atom. The molecule has 2 bridgehead atoms. The fourth-order valence-electron chi connectivity index (χ4n) is 7.37. The summed E-state index contributed by atoms with van der Waals surface area (Å²) in [6, 6.07) is 0. The van der Waals surface area contributed by atoms with E-state index >= 15 is 0 Å². The molecule has 5 heterocycles. The lowest BCUT2D eigenvalue weighted by molar-refractivity contribution is -0.159. The molecule has 0 aromatic carbocycles. The number of hydrogen-bond acceptors (Lipinski definition) is 15. The Labute approximate surface area is 348 Å². The van der Waals surface area contributed by atoms with Crippen LogP contribution < -0.4 is 0 Å². The van der Waals surface area contributed by atoms with Gasteiger partial charge in [-0.15, -0.1) is 0 Å². The average Bonchev–Trinajstić information content (AvgIpc) is 4.04. The van der Waals surface area contributed by atoms with Crippen LogP contribution in [0.25, 0.3) is 6.08 Å². The van der Waals surface area contributed by atoms with E-state index in [4.69, 9.17) is 42.7 Å². The number of oxazole rings is 1. The van der Waals surface area contributed by atoms with Gasteiger partial charge in [0.2, 0.25) is 0 Å². The first kappa shape index (κ1) is 45.5. The summed E-state index contributed by atoms with van der Waals surface area (Å²) in [4.78, 5) is 55.1. The van der Waals surface area contributed by atoms with Crippen LogP contribution in [0.5, 0.6) is 0 Å². The van der Waals surface area contributed by atoms with Gasteiger partial charge in [-0.3, -0.25) is 9.59 Å². The number of cyclic esters (lactones) is 1. The molecule has 5 rings (SSSR count). The number of nitrogens with zero attached hydrogens (tertiary/aromatic N) is 1. The number of allylic oxidation sites excluding steroid dienone is 4. The molecule has 1 unspecified atom stereocenters. The van der Waals surface area contributed by atoms with Gasteiger partial charge in [0.1, 0.15) is 48.6 Å². The van der Waals surface area contributed by atoms with E-state index in [-0.39, 0.29) is 49.5 Å². The quantitative estimate of drug-likeness (QED) is 0.0352. The molecule has 4 aliphatic rings. The van der Waals surface area contributed by atoms with Crippen LogP contribution in [0.4, 0.5) is 4.79 Å². The third-order valence-corrected chi connectivity index (χ3v) is 13.6. The van der Waals surface area contributed by atoms with Crippen LogP contribution >= 0.6 is 21.6 Å². The Bertz CT molecular complexity index is 1740. The number of carbonyl (C=O) groups excluding carboxylic acids is 3. The van der Waals surface area contributed by atoms with E-state index in [1.807, 2.05) is 71.1 Å². The zero-order valence-corrected chi connectivity index (χ0v) is 36.1. The molecule has 58 heavy (non-hydrogen) atoms. The zero-order valence-electron chi connectivity index (χ0n) is 34.5. The largest absolute Gasteiger partial charge is 0.508 e. The van der Waals surface area contributed by atoms with Crippen molar-refractivity contribution in [1.82, 2.24) is 4.98 Å². The number of methoxy groups -OCH3 is 1. The summed E-state index contributed by atoms with van der Waals surface area (Å²) in [5.74, 6) is -1.30. The molecule has 4 aliphatic heterocycles. The Kier molecular flexibility index (Phi) is 16.2. The standard InChI is InChI=1S/C42H57NO13S2/c1-23(16-30-21-51-28(6)43-30)10-9-11-25(3)37(49-8)27(5)32-20-35(55-41(48)50-14-15-57-58-22-26(4)39(45)46)42(7)34(56-42)13-12-24(2)31-17-29(19-36(44)52-31)18-33-38(53-33)40(47)54-32/h9-13,16,21,24,26-27,29,31-35,37-38H,14-15,17-20,22H2,1-8H3,(H,45,46)/b10-9+,13-12+,23-16+,25-11+/t24-,26+,27+,29+,31-,32+,33+,34-,35+,37+,38?,42+/m1/s1. The molecule has 0 aliphatic carbocycles. The average molecular weight is 848 g/mol. The number of carbonyl (C=O) groups is 4. The fraction of sp³-hybridized carbons (Fsp3) is 0.643. The lowest BCUT2D eigenvalue weighted by atomic mass is 9.84.